The van der Waals surface area contributed by atoms with Crippen molar-refractivity contribution < 1.29 is 19.1 Å². The van der Waals surface area contributed by atoms with Crippen molar-refractivity contribution in [3.8, 4) is 12.1 Å². The van der Waals surface area contributed by atoms with Gasteiger partial charge >= 0.3 is 5.97 Å². The molecule has 2 aromatic rings. The number of para-hydroxylation sites is 1. The molecule has 31 heavy (non-hydrogen) atoms. The number of nitrogens with one attached hydrogen (secondary N) is 1. The maximum atomic E-state index is 12.5. The van der Waals surface area contributed by atoms with Crippen molar-refractivity contribution >= 4 is 23.5 Å². The number of benzene rings is 2. The number of hydrogen-bond donors (Lipinski definition) is 1. The average Bonchev–Trinajstić information content (AvgIpc) is 2.78. The molecular formula is C23H22N4O4. The van der Waals surface area contributed by atoms with Crippen LogP contribution in [0.1, 0.15) is 28.8 Å². The first-order valence-electron chi connectivity index (χ1n) is 9.66. The van der Waals surface area contributed by atoms with Gasteiger partial charge in [-0.1, -0.05) is 42.5 Å². The van der Waals surface area contributed by atoms with Crippen molar-refractivity contribution in [3.63, 3.8) is 0 Å². The quantitative estimate of drug-likeness (QED) is 0.592. The molecule has 1 N–H and O–H groups in total. The van der Waals surface area contributed by atoms with E-state index in [1.807, 2.05) is 42.5 Å². The van der Waals surface area contributed by atoms with Gasteiger partial charge in [-0.25, -0.2) is 4.79 Å². The number of nitrogens with zero attached hydrogens (tertiary/aromatic N) is 3. The van der Waals surface area contributed by atoms with E-state index >= 15 is 0 Å². The monoisotopic (exact) mass is 418 g/mol. The predicted molar refractivity (Wildman–Crippen MR) is 113 cm³/mol. The van der Waals surface area contributed by atoms with Gasteiger partial charge in [0.1, 0.15) is 0 Å². The number of carbonyl (C=O) groups excluding carboxylic acids is 3. The van der Waals surface area contributed by atoms with Crippen LogP contribution in [0, 0.1) is 22.7 Å². The van der Waals surface area contributed by atoms with Gasteiger partial charge in [0, 0.05) is 13.1 Å². The number of nitriles is 2. The van der Waals surface area contributed by atoms with Gasteiger partial charge in [-0.3, -0.25) is 9.59 Å². The maximum absolute atomic E-state index is 12.5. The second-order valence-electron chi connectivity index (χ2n) is 6.53. The number of carbonyl (C=O) groups is 3. The lowest BCUT2D eigenvalue weighted by atomic mass is 10.1. The summed E-state index contributed by atoms with van der Waals surface area (Å²) >= 11 is 0. The predicted octanol–water partition coefficient (Wildman–Crippen LogP) is 2.68. The molecule has 0 aromatic heterocycles. The van der Waals surface area contributed by atoms with Gasteiger partial charge in [-0.15, -0.1) is 0 Å². The average molecular weight is 418 g/mol. The Hall–Kier alpha value is -4.17. The zero-order valence-electron chi connectivity index (χ0n) is 16.9. The summed E-state index contributed by atoms with van der Waals surface area (Å²) in [5.41, 5.74) is 1.24. The van der Waals surface area contributed by atoms with Crippen LogP contribution in [0.4, 0.5) is 5.69 Å². The summed E-state index contributed by atoms with van der Waals surface area (Å²) in [4.78, 5) is 38.5. The molecule has 8 heteroatoms. The van der Waals surface area contributed by atoms with Crippen molar-refractivity contribution in [2.45, 2.75) is 19.3 Å². The van der Waals surface area contributed by atoms with Gasteiger partial charge in [0.05, 0.1) is 42.7 Å². The van der Waals surface area contributed by atoms with E-state index in [9.17, 15) is 14.4 Å². The molecule has 2 aromatic carbocycles. The Balaban J connectivity index is 1.99. The van der Waals surface area contributed by atoms with Crippen LogP contribution in [0.25, 0.3) is 0 Å². The van der Waals surface area contributed by atoms with Crippen LogP contribution < -0.4 is 5.32 Å². The van der Waals surface area contributed by atoms with E-state index in [0.717, 1.165) is 5.56 Å². The molecule has 0 aliphatic carbocycles. The molecular weight excluding hydrogens is 396 g/mol. The Bertz CT molecular complexity index is 975. The third-order valence-electron chi connectivity index (χ3n) is 4.30. The van der Waals surface area contributed by atoms with Crippen LogP contribution in [0.3, 0.4) is 0 Å². The second-order valence-corrected chi connectivity index (χ2v) is 6.53. The fourth-order valence-electron chi connectivity index (χ4n) is 2.77. The minimum atomic E-state index is -0.760. The van der Waals surface area contributed by atoms with E-state index in [4.69, 9.17) is 15.3 Å². The van der Waals surface area contributed by atoms with Gasteiger partial charge < -0.3 is 15.0 Å². The van der Waals surface area contributed by atoms with Crippen molar-refractivity contribution in [2.24, 2.45) is 0 Å². The summed E-state index contributed by atoms with van der Waals surface area (Å²) in [7, 11) is 0. The smallest absolute Gasteiger partial charge is 0.340 e. The molecule has 0 spiro atoms. The molecule has 2 amide bonds. The number of esters is 1. The number of ether oxygens (including phenoxy) is 1. The van der Waals surface area contributed by atoms with E-state index in [2.05, 4.69) is 5.32 Å². The Labute approximate surface area is 180 Å². The van der Waals surface area contributed by atoms with Crippen LogP contribution in [0.5, 0.6) is 0 Å². The lowest BCUT2D eigenvalue weighted by Gasteiger charge is -2.20. The summed E-state index contributed by atoms with van der Waals surface area (Å²) < 4.78 is 5.12. The first kappa shape index (κ1) is 23.1. The first-order chi connectivity index (χ1) is 15.0. The standard InChI is InChI=1S/C23H22N4O4/c24-12-6-14-27(15-7-13-25)22(29)17-31-23(30)19-10-4-5-11-20(19)26-21(28)16-18-8-2-1-3-9-18/h1-5,8-11H,6-7,14-17H2,(H,26,28). The first-order valence-corrected chi connectivity index (χ1v) is 9.66. The molecule has 158 valence electrons. The highest BCUT2D eigenvalue weighted by Crippen LogP contribution is 2.17. The number of rotatable bonds is 10. The van der Waals surface area contributed by atoms with E-state index in [0.29, 0.717) is 0 Å². The zero-order valence-corrected chi connectivity index (χ0v) is 16.9. The molecule has 0 aliphatic rings. The fourth-order valence-corrected chi connectivity index (χ4v) is 2.77. The van der Waals surface area contributed by atoms with Gasteiger partial charge in [0.15, 0.2) is 6.61 Å². The summed E-state index contributed by atoms with van der Waals surface area (Å²) in [5.74, 6) is -1.55. The maximum Gasteiger partial charge on any atom is 0.340 e. The molecule has 0 saturated carbocycles. The number of anilines is 1. The molecule has 0 radical (unpaired) electrons. The lowest BCUT2D eigenvalue weighted by molar-refractivity contribution is -0.134. The zero-order chi connectivity index (χ0) is 22.5. The molecule has 2 rings (SSSR count). The Morgan fingerprint density at radius 1 is 0.903 bits per heavy atom. The molecule has 8 nitrogen and oxygen atoms in total. The molecule has 0 fully saturated rings. The van der Waals surface area contributed by atoms with Crippen molar-refractivity contribution in [1.82, 2.24) is 4.90 Å². The highest BCUT2D eigenvalue weighted by molar-refractivity contribution is 6.02. The molecule has 0 unspecified atom stereocenters. The number of amides is 2. The highest BCUT2D eigenvalue weighted by Gasteiger charge is 2.19. The Morgan fingerprint density at radius 3 is 2.16 bits per heavy atom. The van der Waals surface area contributed by atoms with Crippen LogP contribution in [-0.2, 0) is 20.7 Å². The van der Waals surface area contributed by atoms with E-state index in [1.54, 1.807) is 18.2 Å². The summed E-state index contributed by atoms with van der Waals surface area (Å²) in [5, 5.41) is 20.1. The van der Waals surface area contributed by atoms with Crippen molar-refractivity contribution in [3.05, 3.63) is 65.7 Å². The summed E-state index contributed by atoms with van der Waals surface area (Å²) in [6, 6.07) is 19.4. The van der Waals surface area contributed by atoms with Gasteiger partial charge in [0.2, 0.25) is 5.91 Å². The van der Waals surface area contributed by atoms with Crippen molar-refractivity contribution in [1.29, 1.82) is 10.5 Å². The minimum Gasteiger partial charge on any atom is -0.452 e. The highest BCUT2D eigenvalue weighted by atomic mass is 16.5. The number of hydrogen-bond acceptors (Lipinski definition) is 6. The van der Waals surface area contributed by atoms with Crippen LogP contribution in [-0.4, -0.2) is 42.4 Å². The van der Waals surface area contributed by atoms with E-state index in [1.165, 1.54) is 11.0 Å². The largest absolute Gasteiger partial charge is 0.452 e. The van der Waals surface area contributed by atoms with E-state index in [-0.39, 0.29) is 49.5 Å². The Morgan fingerprint density at radius 2 is 1.52 bits per heavy atom. The topological polar surface area (TPSA) is 123 Å². The summed E-state index contributed by atoms with van der Waals surface area (Å²) in [6.07, 6.45) is 0.373. The van der Waals surface area contributed by atoms with Gasteiger partial charge in [0.25, 0.3) is 5.91 Å². The van der Waals surface area contributed by atoms with Gasteiger partial charge in [-0.05, 0) is 17.7 Å². The Kier molecular flexibility index (Phi) is 9.25. The van der Waals surface area contributed by atoms with E-state index < -0.39 is 18.5 Å². The van der Waals surface area contributed by atoms with Crippen molar-refractivity contribution in [2.75, 3.05) is 25.0 Å². The molecule has 0 heterocycles. The summed E-state index contributed by atoms with van der Waals surface area (Å²) in [6.45, 7) is -0.219. The van der Waals surface area contributed by atoms with Crippen LogP contribution >= 0.6 is 0 Å². The molecule has 0 atom stereocenters. The second kappa shape index (κ2) is 12.4. The third-order valence-corrected chi connectivity index (χ3v) is 4.30. The lowest BCUT2D eigenvalue weighted by Crippen LogP contribution is -2.36. The molecule has 0 saturated heterocycles. The van der Waals surface area contributed by atoms with Gasteiger partial charge in [-0.2, -0.15) is 10.5 Å². The molecule has 0 aliphatic heterocycles. The SMILES string of the molecule is N#CCCN(CCC#N)C(=O)COC(=O)c1ccccc1NC(=O)Cc1ccccc1. The van der Waals surface area contributed by atoms with Crippen LogP contribution in [0.2, 0.25) is 0 Å². The third kappa shape index (κ3) is 7.64. The van der Waals surface area contributed by atoms with Crippen LogP contribution in [0.15, 0.2) is 54.6 Å². The minimum absolute atomic E-state index is 0.112. The normalized spacial score (nSPS) is 9.74. The molecule has 0 bridgehead atoms. The fraction of sp³-hybridized carbons (Fsp3) is 0.261.